The van der Waals surface area contributed by atoms with E-state index in [0.29, 0.717) is 0 Å². The predicted molar refractivity (Wildman–Crippen MR) is 104 cm³/mol. The van der Waals surface area contributed by atoms with Crippen LogP contribution in [0.25, 0.3) is 0 Å². The molecule has 1 amide bonds. The number of halogens is 6. The Balaban J connectivity index is 0.00000341. The fraction of sp³-hybridized carbons (Fsp3) is 0.684. The van der Waals surface area contributed by atoms with Crippen LogP contribution in [0.4, 0.5) is 22.0 Å². The Kier molecular flexibility index (Phi) is 7.63. The summed E-state index contributed by atoms with van der Waals surface area (Å²) < 4.78 is 77.0. The lowest BCUT2D eigenvalue weighted by Gasteiger charge is -2.43. The normalized spacial score (nSPS) is 24.1. The van der Waals surface area contributed by atoms with E-state index in [-0.39, 0.29) is 42.3 Å². The lowest BCUT2D eigenvalue weighted by atomic mass is 9.77. The third-order valence-corrected chi connectivity index (χ3v) is 5.69. The molecule has 0 spiro atoms. The van der Waals surface area contributed by atoms with Crippen molar-refractivity contribution in [1.82, 2.24) is 14.8 Å². The van der Waals surface area contributed by atoms with Crippen molar-refractivity contribution in [2.75, 3.05) is 34.4 Å². The second-order valence-electron chi connectivity index (χ2n) is 7.82. The van der Waals surface area contributed by atoms with E-state index in [9.17, 15) is 26.7 Å². The van der Waals surface area contributed by atoms with Crippen molar-refractivity contribution in [2.45, 2.75) is 43.7 Å². The van der Waals surface area contributed by atoms with E-state index in [2.05, 4.69) is 4.98 Å². The fourth-order valence-electron chi connectivity index (χ4n) is 3.78. The summed E-state index contributed by atoms with van der Waals surface area (Å²) in [7, 11) is 4.72. The Bertz CT molecular complexity index is 814. The zero-order chi connectivity index (χ0) is 22.3. The summed E-state index contributed by atoms with van der Waals surface area (Å²) in [6.45, 7) is 0.0344. The van der Waals surface area contributed by atoms with Crippen LogP contribution in [-0.2, 0) is 11.3 Å². The van der Waals surface area contributed by atoms with Crippen LogP contribution in [0.1, 0.15) is 24.8 Å². The molecule has 2 atom stereocenters. The standard InChI is InChI=1S/C19H24F5N3O3.ClH/c1-26-6-4-5-14(26)17(28)27(2)9-11-7-13(20)16(25-15(11)29-3)30-10-12-8-18(21,22)19(12,23)24;/h7,12,14H,4-6,8-10H2,1-3H3;1H. The monoisotopic (exact) mass is 473 g/mol. The van der Waals surface area contributed by atoms with E-state index in [0.717, 1.165) is 25.5 Å². The largest absolute Gasteiger partial charge is 0.481 e. The van der Waals surface area contributed by atoms with Crippen LogP contribution in [-0.4, -0.2) is 72.9 Å². The summed E-state index contributed by atoms with van der Waals surface area (Å²) >= 11 is 0. The quantitative estimate of drug-likeness (QED) is 0.568. The molecule has 176 valence electrons. The molecule has 31 heavy (non-hydrogen) atoms. The van der Waals surface area contributed by atoms with E-state index in [1.807, 2.05) is 11.9 Å². The van der Waals surface area contributed by atoms with Gasteiger partial charge in [-0.1, -0.05) is 0 Å². The van der Waals surface area contributed by atoms with Crippen molar-refractivity contribution < 1.29 is 36.2 Å². The molecule has 0 bridgehead atoms. The molecule has 2 aliphatic rings. The number of carbonyl (C=O) groups excluding carboxylic acids is 1. The van der Waals surface area contributed by atoms with E-state index in [1.54, 1.807) is 7.05 Å². The van der Waals surface area contributed by atoms with Crippen molar-refractivity contribution in [3.05, 3.63) is 17.4 Å². The third-order valence-electron chi connectivity index (χ3n) is 5.69. The maximum atomic E-state index is 14.4. The van der Waals surface area contributed by atoms with Crippen LogP contribution in [0.3, 0.4) is 0 Å². The van der Waals surface area contributed by atoms with Crippen LogP contribution in [0, 0.1) is 11.7 Å². The minimum atomic E-state index is -4.20. The smallest absolute Gasteiger partial charge is 0.316 e. The molecule has 0 N–H and O–H groups in total. The Hall–Kier alpha value is -1.88. The predicted octanol–water partition coefficient (Wildman–Crippen LogP) is 3.37. The summed E-state index contributed by atoms with van der Waals surface area (Å²) in [4.78, 5) is 19.8. The summed E-state index contributed by atoms with van der Waals surface area (Å²) in [6.07, 6.45) is 0.610. The summed E-state index contributed by atoms with van der Waals surface area (Å²) in [5.74, 6) is -11.8. The summed E-state index contributed by atoms with van der Waals surface area (Å²) in [5, 5.41) is 0. The number of pyridine rings is 1. The molecule has 1 aliphatic carbocycles. The topological polar surface area (TPSA) is 54.9 Å². The molecule has 0 aromatic carbocycles. The fourth-order valence-corrected chi connectivity index (χ4v) is 3.78. The van der Waals surface area contributed by atoms with Crippen LogP contribution in [0.5, 0.6) is 11.8 Å². The van der Waals surface area contributed by atoms with Gasteiger partial charge in [-0.3, -0.25) is 9.69 Å². The van der Waals surface area contributed by atoms with Gasteiger partial charge in [0.15, 0.2) is 5.82 Å². The second kappa shape index (κ2) is 9.32. The molecule has 1 aliphatic heterocycles. The molecule has 2 fully saturated rings. The molecule has 1 saturated carbocycles. The highest BCUT2D eigenvalue weighted by Crippen LogP contribution is 2.55. The molecule has 12 heteroatoms. The molecule has 6 nitrogen and oxygen atoms in total. The van der Waals surface area contributed by atoms with Crippen LogP contribution < -0.4 is 9.47 Å². The number of hydrogen-bond donors (Lipinski definition) is 0. The van der Waals surface area contributed by atoms with Gasteiger partial charge in [0.25, 0.3) is 5.88 Å². The molecular weight excluding hydrogens is 449 g/mol. The number of ether oxygens (including phenoxy) is 2. The SMILES string of the molecule is COc1nc(OCC2CC(F)(F)C2(F)F)c(F)cc1CN(C)C(=O)C1CCCN1C.Cl. The van der Waals surface area contributed by atoms with Gasteiger partial charge in [0.2, 0.25) is 11.8 Å². The Morgan fingerprint density at radius 3 is 2.52 bits per heavy atom. The van der Waals surface area contributed by atoms with Gasteiger partial charge < -0.3 is 14.4 Å². The number of likely N-dealkylation sites (tertiary alicyclic amines) is 1. The number of aromatic nitrogens is 1. The van der Waals surface area contributed by atoms with Crippen molar-refractivity contribution >= 4 is 18.3 Å². The molecular formula is C19H25ClF5N3O3. The lowest BCUT2D eigenvalue weighted by Crippen LogP contribution is -2.60. The molecule has 0 radical (unpaired) electrons. The highest BCUT2D eigenvalue weighted by Gasteiger charge is 2.71. The van der Waals surface area contributed by atoms with Gasteiger partial charge in [0.05, 0.1) is 32.2 Å². The van der Waals surface area contributed by atoms with Gasteiger partial charge in [-0.15, -0.1) is 12.4 Å². The molecule has 2 heterocycles. The minimum Gasteiger partial charge on any atom is -0.481 e. The average Bonchev–Trinajstić information content (AvgIpc) is 3.11. The zero-order valence-corrected chi connectivity index (χ0v) is 18.2. The summed E-state index contributed by atoms with van der Waals surface area (Å²) in [5.41, 5.74) is 0.263. The van der Waals surface area contributed by atoms with Crippen LogP contribution in [0.15, 0.2) is 6.07 Å². The van der Waals surface area contributed by atoms with E-state index in [1.165, 1.54) is 12.0 Å². The Morgan fingerprint density at radius 1 is 1.32 bits per heavy atom. The van der Waals surface area contributed by atoms with Crippen molar-refractivity contribution in [1.29, 1.82) is 0 Å². The van der Waals surface area contributed by atoms with Gasteiger partial charge >= 0.3 is 11.8 Å². The van der Waals surface area contributed by atoms with Crippen molar-refractivity contribution in [3.63, 3.8) is 0 Å². The first-order chi connectivity index (χ1) is 14.0. The third kappa shape index (κ3) is 4.82. The molecule has 1 aromatic heterocycles. The van der Waals surface area contributed by atoms with Gasteiger partial charge in [-0.2, -0.15) is 22.5 Å². The Morgan fingerprint density at radius 2 is 2.00 bits per heavy atom. The Labute approximate surface area is 183 Å². The zero-order valence-electron chi connectivity index (χ0n) is 17.3. The van der Waals surface area contributed by atoms with E-state index >= 15 is 0 Å². The number of nitrogens with zero attached hydrogens (tertiary/aromatic N) is 3. The molecule has 1 saturated heterocycles. The summed E-state index contributed by atoms with van der Waals surface area (Å²) in [6, 6.07) is 0.792. The number of amides is 1. The number of carbonyl (C=O) groups is 1. The minimum absolute atomic E-state index is 0. The highest BCUT2D eigenvalue weighted by molar-refractivity contribution is 5.85. The number of methoxy groups -OCH3 is 1. The average molecular weight is 474 g/mol. The van der Waals surface area contributed by atoms with E-state index < -0.39 is 42.5 Å². The number of hydrogen-bond acceptors (Lipinski definition) is 5. The number of alkyl halides is 4. The second-order valence-corrected chi connectivity index (χ2v) is 7.82. The van der Waals surface area contributed by atoms with E-state index in [4.69, 9.17) is 9.47 Å². The molecule has 2 unspecified atom stereocenters. The van der Waals surface area contributed by atoms with Gasteiger partial charge in [0, 0.05) is 19.0 Å². The van der Waals surface area contributed by atoms with Crippen LogP contribution >= 0.6 is 12.4 Å². The first-order valence-corrected chi connectivity index (χ1v) is 9.55. The maximum absolute atomic E-state index is 14.4. The number of rotatable bonds is 7. The van der Waals surface area contributed by atoms with Gasteiger partial charge in [-0.05, 0) is 32.5 Å². The van der Waals surface area contributed by atoms with Crippen molar-refractivity contribution in [3.8, 4) is 11.8 Å². The first kappa shape index (κ1) is 25.4. The van der Waals surface area contributed by atoms with Gasteiger partial charge in [0.1, 0.15) is 0 Å². The molecule has 3 rings (SSSR count). The van der Waals surface area contributed by atoms with Crippen LogP contribution in [0.2, 0.25) is 0 Å². The van der Waals surface area contributed by atoms with Gasteiger partial charge in [-0.25, -0.2) is 4.39 Å². The lowest BCUT2D eigenvalue weighted by molar-refractivity contribution is -0.317. The highest BCUT2D eigenvalue weighted by atomic mass is 35.5. The molecule has 1 aromatic rings. The number of likely N-dealkylation sites (N-methyl/N-ethyl adjacent to an activating group) is 2. The van der Waals surface area contributed by atoms with Crippen molar-refractivity contribution in [2.24, 2.45) is 5.92 Å². The maximum Gasteiger partial charge on any atom is 0.316 e. The first-order valence-electron chi connectivity index (χ1n) is 9.55.